The number of amides is 1. The number of carbonyl (C=O) groups is 1. The molecule has 0 aliphatic carbocycles. The number of likely N-dealkylation sites (tertiary alicyclic amines) is 1. The Morgan fingerprint density at radius 3 is 2.63 bits per heavy atom. The molecule has 1 amide bonds. The van der Waals surface area contributed by atoms with Gasteiger partial charge in [-0.05, 0) is 55.3 Å². The van der Waals surface area contributed by atoms with Crippen LogP contribution in [-0.4, -0.2) is 42.0 Å². The van der Waals surface area contributed by atoms with Crippen molar-refractivity contribution in [3.63, 3.8) is 0 Å². The quantitative estimate of drug-likeness (QED) is 0.612. The summed E-state index contributed by atoms with van der Waals surface area (Å²) in [5, 5.41) is 4.57. The van der Waals surface area contributed by atoms with Crippen LogP contribution in [0.3, 0.4) is 0 Å². The number of hydrogen-bond acceptors (Lipinski definition) is 4. The Labute approximate surface area is 179 Å². The second kappa shape index (κ2) is 8.98. The number of pyridine rings is 1. The molecule has 3 aromatic rings. The molecule has 0 bridgehead atoms. The van der Waals surface area contributed by atoms with Crippen LogP contribution in [0.1, 0.15) is 28.8 Å². The van der Waals surface area contributed by atoms with Gasteiger partial charge in [0.1, 0.15) is 16.7 Å². The van der Waals surface area contributed by atoms with E-state index in [9.17, 15) is 9.18 Å². The van der Waals surface area contributed by atoms with Gasteiger partial charge in [0.15, 0.2) is 0 Å². The van der Waals surface area contributed by atoms with Gasteiger partial charge in [-0.3, -0.25) is 9.69 Å². The highest BCUT2D eigenvalue weighted by Gasteiger charge is 2.22. The normalized spacial score (nSPS) is 15.3. The van der Waals surface area contributed by atoms with Crippen molar-refractivity contribution in [1.82, 2.24) is 15.2 Å². The van der Waals surface area contributed by atoms with E-state index in [1.54, 1.807) is 7.11 Å². The molecule has 2 aromatic carbocycles. The van der Waals surface area contributed by atoms with Crippen LogP contribution in [-0.2, 0) is 6.54 Å². The SMILES string of the molecule is COc1ccc2cc(CN3CCC(NC(=O)c4ccc(F)cc4)CC3)c(Cl)nc2c1. The van der Waals surface area contributed by atoms with Crippen molar-refractivity contribution < 1.29 is 13.9 Å². The first kappa shape index (κ1) is 20.6. The van der Waals surface area contributed by atoms with Crippen LogP contribution < -0.4 is 10.1 Å². The summed E-state index contributed by atoms with van der Waals surface area (Å²) in [6.07, 6.45) is 1.70. The second-order valence-electron chi connectivity index (χ2n) is 7.53. The van der Waals surface area contributed by atoms with E-state index in [2.05, 4.69) is 21.3 Å². The van der Waals surface area contributed by atoms with E-state index in [1.165, 1.54) is 24.3 Å². The summed E-state index contributed by atoms with van der Waals surface area (Å²) in [4.78, 5) is 19.2. The molecule has 7 heteroatoms. The third kappa shape index (κ3) is 4.71. The number of carbonyl (C=O) groups excluding carboxylic acids is 1. The van der Waals surface area contributed by atoms with E-state index < -0.39 is 0 Å². The number of nitrogens with one attached hydrogen (secondary N) is 1. The van der Waals surface area contributed by atoms with Gasteiger partial charge < -0.3 is 10.1 Å². The van der Waals surface area contributed by atoms with Crippen LogP contribution in [0.2, 0.25) is 5.15 Å². The van der Waals surface area contributed by atoms with Crippen molar-refractivity contribution in [2.75, 3.05) is 20.2 Å². The highest BCUT2D eigenvalue weighted by molar-refractivity contribution is 6.30. The number of nitrogens with zero attached hydrogens (tertiary/aromatic N) is 2. The largest absolute Gasteiger partial charge is 0.497 e. The summed E-state index contributed by atoms with van der Waals surface area (Å²) in [5.41, 5.74) is 2.28. The Hall–Kier alpha value is -2.70. The molecular formula is C23H23ClFN3O2. The maximum absolute atomic E-state index is 13.0. The summed E-state index contributed by atoms with van der Waals surface area (Å²) in [6.45, 7) is 2.42. The maximum Gasteiger partial charge on any atom is 0.251 e. The molecule has 1 N–H and O–H groups in total. The van der Waals surface area contributed by atoms with E-state index in [0.29, 0.717) is 17.3 Å². The van der Waals surface area contributed by atoms with Crippen molar-refractivity contribution in [2.45, 2.75) is 25.4 Å². The van der Waals surface area contributed by atoms with E-state index in [0.717, 1.165) is 48.1 Å². The van der Waals surface area contributed by atoms with Gasteiger partial charge >= 0.3 is 0 Å². The predicted octanol–water partition coefficient (Wildman–Crippen LogP) is 4.43. The third-order valence-corrected chi connectivity index (χ3v) is 5.80. The first-order chi connectivity index (χ1) is 14.5. The molecule has 1 aliphatic heterocycles. The maximum atomic E-state index is 13.0. The van der Waals surface area contributed by atoms with Crippen molar-refractivity contribution in [2.24, 2.45) is 0 Å². The Kier molecular flexibility index (Phi) is 6.16. The predicted molar refractivity (Wildman–Crippen MR) is 115 cm³/mol. The van der Waals surface area contributed by atoms with Crippen LogP contribution in [0.5, 0.6) is 5.75 Å². The fraction of sp³-hybridized carbons (Fsp3) is 0.304. The van der Waals surface area contributed by atoms with Gasteiger partial charge in [-0.1, -0.05) is 11.6 Å². The molecule has 156 valence electrons. The lowest BCUT2D eigenvalue weighted by Gasteiger charge is -2.32. The summed E-state index contributed by atoms with van der Waals surface area (Å²) in [7, 11) is 1.63. The molecule has 30 heavy (non-hydrogen) atoms. The number of ether oxygens (including phenoxy) is 1. The van der Waals surface area contributed by atoms with Crippen LogP contribution in [0, 0.1) is 5.82 Å². The van der Waals surface area contributed by atoms with Crippen molar-refractivity contribution in [3.8, 4) is 5.75 Å². The number of aromatic nitrogens is 1. The lowest BCUT2D eigenvalue weighted by molar-refractivity contribution is 0.0909. The topological polar surface area (TPSA) is 54.5 Å². The van der Waals surface area contributed by atoms with Crippen LogP contribution >= 0.6 is 11.6 Å². The zero-order chi connectivity index (χ0) is 21.1. The lowest BCUT2D eigenvalue weighted by atomic mass is 10.0. The Morgan fingerprint density at radius 2 is 1.93 bits per heavy atom. The van der Waals surface area contributed by atoms with E-state index in [4.69, 9.17) is 16.3 Å². The Bertz CT molecular complexity index is 1050. The average molecular weight is 428 g/mol. The molecule has 2 heterocycles. The molecule has 1 fully saturated rings. The molecule has 0 spiro atoms. The molecule has 0 unspecified atom stereocenters. The smallest absolute Gasteiger partial charge is 0.251 e. The summed E-state index contributed by atoms with van der Waals surface area (Å²) >= 11 is 6.43. The number of benzene rings is 2. The number of rotatable bonds is 5. The van der Waals surface area contributed by atoms with E-state index in [-0.39, 0.29) is 17.8 Å². The summed E-state index contributed by atoms with van der Waals surface area (Å²) in [5.74, 6) is 0.245. The van der Waals surface area contributed by atoms with Crippen LogP contribution in [0.4, 0.5) is 4.39 Å². The van der Waals surface area contributed by atoms with E-state index >= 15 is 0 Å². The molecule has 1 aromatic heterocycles. The summed E-state index contributed by atoms with van der Waals surface area (Å²) < 4.78 is 18.3. The van der Waals surface area contributed by atoms with Gasteiger partial charge in [-0.15, -0.1) is 0 Å². The number of fused-ring (bicyclic) bond motifs is 1. The average Bonchev–Trinajstić information content (AvgIpc) is 2.75. The number of halogens is 2. The number of methoxy groups -OCH3 is 1. The zero-order valence-electron chi connectivity index (χ0n) is 16.7. The highest BCUT2D eigenvalue weighted by Crippen LogP contribution is 2.26. The monoisotopic (exact) mass is 427 g/mol. The van der Waals surface area contributed by atoms with Crippen molar-refractivity contribution in [3.05, 3.63) is 70.6 Å². The first-order valence-electron chi connectivity index (χ1n) is 9.94. The molecule has 1 aliphatic rings. The fourth-order valence-electron chi connectivity index (χ4n) is 3.75. The molecule has 0 saturated carbocycles. The Balaban J connectivity index is 1.35. The minimum atomic E-state index is -0.346. The van der Waals surface area contributed by atoms with Crippen molar-refractivity contribution in [1.29, 1.82) is 0 Å². The first-order valence-corrected chi connectivity index (χ1v) is 10.3. The standard InChI is InChI=1S/C23H23ClFN3O2/c1-30-20-7-4-16-12-17(22(24)27-21(16)13-20)14-28-10-8-19(9-11-28)26-23(29)15-2-5-18(25)6-3-15/h2-7,12-13,19H,8-11,14H2,1H3,(H,26,29). The minimum absolute atomic E-state index is 0.108. The molecule has 0 atom stereocenters. The third-order valence-electron chi connectivity index (χ3n) is 5.47. The molecule has 4 rings (SSSR count). The molecular weight excluding hydrogens is 405 g/mol. The lowest BCUT2D eigenvalue weighted by Crippen LogP contribution is -2.44. The second-order valence-corrected chi connectivity index (χ2v) is 7.89. The van der Waals surface area contributed by atoms with Crippen molar-refractivity contribution >= 4 is 28.4 Å². The molecule has 0 radical (unpaired) electrons. The van der Waals surface area contributed by atoms with E-state index in [1.807, 2.05) is 18.2 Å². The van der Waals surface area contributed by atoms with Gasteiger partial charge in [0.05, 0.1) is 12.6 Å². The molecule has 1 saturated heterocycles. The Morgan fingerprint density at radius 1 is 1.20 bits per heavy atom. The number of hydrogen-bond donors (Lipinski definition) is 1. The van der Waals surface area contributed by atoms with Gasteiger partial charge in [0.25, 0.3) is 5.91 Å². The summed E-state index contributed by atoms with van der Waals surface area (Å²) in [6, 6.07) is 13.6. The van der Waals surface area contributed by atoms with Gasteiger partial charge in [-0.25, -0.2) is 9.37 Å². The molecule has 5 nitrogen and oxygen atoms in total. The van der Waals surface area contributed by atoms with Gasteiger partial charge in [-0.2, -0.15) is 0 Å². The highest BCUT2D eigenvalue weighted by atomic mass is 35.5. The van der Waals surface area contributed by atoms with Crippen LogP contribution in [0.25, 0.3) is 10.9 Å². The zero-order valence-corrected chi connectivity index (χ0v) is 17.5. The van der Waals surface area contributed by atoms with Crippen LogP contribution in [0.15, 0.2) is 48.5 Å². The fourth-order valence-corrected chi connectivity index (χ4v) is 3.96. The number of piperidine rings is 1. The minimum Gasteiger partial charge on any atom is -0.497 e. The van der Waals surface area contributed by atoms with Gasteiger partial charge in [0, 0.05) is 48.3 Å². The van der Waals surface area contributed by atoms with Gasteiger partial charge in [0.2, 0.25) is 0 Å².